The van der Waals surface area contributed by atoms with Crippen LogP contribution in [0.5, 0.6) is 11.5 Å². The molecule has 7 heteroatoms. The van der Waals surface area contributed by atoms with Gasteiger partial charge in [-0.05, 0) is 47.0 Å². The van der Waals surface area contributed by atoms with E-state index >= 15 is 0 Å². The van der Waals surface area contributed by atoms with Crippen LogP contribution in [0.4, 0.5) is 0 Å². The maximum Gasteiger partial charge on any atom is 0.244 e. The van der Waals surface area contributed by atoms with Gasteiger partial charge in [0.05, 0.1) is 25.2 Å². The molecule has 25 heavy (non-hydrogen) atoms. The number of sulfonamides is 1. The van der Waals surface area contributed by atoms with Crippen molar-refractivity contribution in [1.29, 1.82) is 0 Å². The molecule has 1 heterocycles. The Morgan fingerprint density at radius 3 is 2.56 bits per heavy atom. The van der Waals surface area contributed by atoms with Crippen LogP contribution in [0, 0.1) is 0 Å². The summed E-state index contributed by atoms with van der Waals surface area (Å²) in [5.74, 6) is 1.32. The third-order valence-corrected chi connectivity index (χ3v) is 7.35. The van der Waals surface area contributed by atoms with Gasteiger partial charge < -0.3 is 9.47 Å². The van der Waals surface area contributed by atoms with E-state index < -0.39 is 10.0 Å². The zero-order valence-corrected chi connectivity index (χ0v) is 16.5. The molecule has 0 saturated carbocycles. The van der Waals surface area contributed by atoms with E-state index in [0.717, 1.165) is 18.4 Å². The second-order valence-corrected chi connectivity index (χ2v) is 8.53. The van der Waals surface area contributed by atoms with Crippen LogP contribution >= 0.6 is 15.9 Å². The maximum absolute atomic E-state index is 13.2. The van der Waals surface area contributed by atoms with Crippen LogP contribution in [-0.4, -0.2) is 33.5 Å². The van der Waals surface area contributed by atoms with Crippen LogP contribution < -0.4 is 9.47 Å². The summed E-state index contributed by atoms with van der Waals surface area (Å²) in [6.07, 6.45) is 1.57. The second-order valence-electron chi connectivity index (χ2n) is 5.81. The van der Waals surface area contributed by atoms with Gasteiger partial charge in [0.25, 0.3) is 0 Å². The number of halogens is 1. The molecule has 0 N–H and O–H groups in total. The summed E-state index contributed by atoms with van der Waals surface area (Å²) in [6.45, 7) is 0.490. The van der Waals surface area contributed by atoms with Gasteiger partial charge in [0.2, 0.25) is 10.0 Å². The Balaban J connectivity index is 2.03. The highest BCUT2D eigenvalue weighted by Gasteiger charge is 2.38. The smallest absolute Gasteiger partial charge is 0.244 e. The van der Waals surface area contributed by atoms with Crippen molar-refractivity contribution in [3.05, 3.63) is 52.5 Å². The average molecular weight is 426 g/mol. The highest BCUT2D eigenvalue weighted by molar-refractivity contribution is 9.10. The first-order chi connectivity index (χ1) is 12.0. The molecule has 0 spiro atoms. The summed E-state index contributed by atoms with van der Waals surface area (Å²) in [7, 11) is -0.434. The molecular weight excluding hydrogens is 406 g/mol. The van der Waals surface area contributed by atoms with Crippen LogP contribution in [0.2, 0.25) is 0 Å². The molecule has 0 bridgehead atoms. The topological polar surface area (TPSA) is 55.8 Å². The van der Waals surface area contributed by atoms with Crippen molar-refractivity contribution in [2.45, 2.75) is 23.8 Å². The predicted molar refractivity (Wildman–Crippen MR) is 99.6 cm³/mol. The Morgan fingerprint density at radius 2 is 1.88 bits per heavy atom. The summed E-state index contributed by atoms with van der Waals surface area (Å²) in [5.41, 5.74) is 0.858. The molecule has 1 aliphatic rings. The van der Waals surface area contributed by atoms with Crippen molar-refractivity contribution in [3.63, 3.8) is 0 Å². The van der Waals surface area contributed by atoms with E-state index in [2.05, 4.69) is 15.9 Å². The van der Waals surface area contributed by atoms with Crippen molar-refractivity contribution in [3.8, 4) is 11.5 Å². The van der Waals surface area contributed by atoms with Crippen LogP contribution in [0.1, 0.15) is 24.4 Å². The molecule has 1 saturated heterocycles. The number of rotatable bonds is 5. The summed E-state index contributed by atoms with van der Waals surface area (Å²) in [4.78, 5) is 0.286. The number of methoxy groups -OCH3 is 2. The zero-order chi connectivity index (χ0) is 18.0. The van der Waals surface area contributed by atoms with E-state index in [0.29, 0.717) is 22.5 Å². The number of hydrogen-bond donors (Lipinski definition) is 0. The van der Waals surface area contributed by atoms with Crippen LogP contribution in [0.25, 0.3) is 0 Å². The second kappa shape index (κ2) is 7.35. The molecule has 1 fully saturated rings. The summed E-state index contributed by atoms with van der Waals surface area (Å²) in [5, 5.41) is 0. The highest BCUT2D eigenvalue weighted by atomic mass is 79.9. The lowest BCUT2D eigenvalue weighted by molar-refractivity contribution is 0.361. The number of nitrogens with zero attached hydrogens (tertiary/aromatic N) is 1. The maximum atomic E-state index is 13.2. The molecule has 0 amide bonds. The molecule has 0 radical (unpaired) electrons. The fourth-order valence-corrected chi connectivity index (χ4v) is 5.85. The minimum Gasteiger partial charge on any atom is -0.497 e. The van der Waals surface area contributed by atoms with E-state index in [1.54, 1.807) is 48.9 Å². The molecule has 0 unspecified atom stereocenters. The van der Waals surface area contributed by atoms with E-state index in [-0.39, 0.29) is 10.9 Å². The molecule has 5 nitrogen and oxygen atoms in total. The van der Waals surface area contributed by atoms with Gasteiger partial charge in [-0.3, -0.25) is 0 Å². The number of hydrogen-bond acceptors (Lipinski definition) is 4. The molecule has 3 rings (SSSR count). The highest BCUT2D eigenvalue weighted by Crippen LogP contribution is 2.42. The summed E-state index contributed by atoms with van der Waals surface area (Å²) in [6, 6.07) is 12.2. The molecule has 1 atom stereocenters. The normalized spacial score (nSPS) is 18.3. The fourth-order valence-electron chi connectivity index (χ4n) is 3.21. The van der Waals surface area contributed by atoms with Crippen molar-refractivity contribution in [2.75, 3.05) is 20.8 Å². The standard InChI is InChI=1S/C18H20BrNO4S/c1-23-13-9-10-14(17(12-13)24-2)16-7-5-11-20(16)25(21,22)18-8-4-3-6-15(18)19/h3-4,6,8-10,12,16H,5,7,11H2,1-2H3/t16-/m0/s1. The van der Waals surface area contributed by atoms with E-state index in [4.69, 9.17) is 9.47 Å². The largest absolute Gasteiger partial charge is 0.497 e. The van der Waals surface area contributed by atoms with Gasteiger partial charge in [-0.15, -0.1) is 0 Å². The third-order valence-electron chi connectivity index (χ3n) is 4.43. The Kier molecular flexibility index (Phi) is 5.36. The molecule has 2 aromatic rings. The van der Waals surface area contributed by atoms with Gasteiger partial charge in [0, 0.05) is 22.6 Å². The molecule has 0 aromatic heterocycles. The van der Waals surface area contributed by atoms with Gasteiger partial charge >= 0.3 is 0 Å². The van der Waals surface area contributed by atoms with Crippen LogP contribution in [-0.2, 0) is 10.0 Å². The summed E-state index contributed by atoms with van der Waals surface area (Å²) < 4.78 is 39.2. The molecule has 0 aliphatic carbocycles. The molecule has 2 aromatic carbocycles. The fraction of sp³-hybridized carbons (Fsp3) is 0.333. The minimum atomic E-state index is -3.61. The van der Waals surface area contributed by atoms with Crippen molar-refractivity contribution >= 4 is 26.0 Å². The van der Waals surface area contributed by atoms with Gasteiger partial charge in [-0.1, -0.05) is 18.2 Å². The lowest BCUT2D eigenvalue weighted by Gasteiger charge is -2.26. The van der Waals surface area contributed by atoms with E-state index in [1.165, 1.54) is 0 Å². The Labute approximate surface area is 156 Å². The Bertz CT molecular complexity index is 869. The molecule has 134 valence electrons. The zero-order valence-electron chi connectivity index (χ0n) is 14.1. The first-order valence-electron chi connectivity index (χ1n) is 7.97. The Hall–Kier alpha value is -1.57. The van der Waals surface area contributed by atoms with Gasteiger partial charge in [-0.25, -0.2) is 8.42 Å². The number of benzene rings is 2. The quantitative estimate of drug-likeness (QED) is 0.726. The van der Waals surface area contributed by atoms with Crippen molar-refractivity contribution in [2.24, 2.45) is 0 Å². The van der Waals surface area contributed by atoms with E-state index in [1.807, 2.05) is 12.1 Å². The first-order valence-corrected chi connectivity index (χ1v) is 10.2. The third kappa shape index (κ3) is 3.41. The molecular formula is C18H20BrNO4S. The average Bonchev–Trinajstić information content (AvgIpc) is 3.11. The SMILES string of the molecule is COc1ccc([C@@H]2CCCN2S(=O)(=O)c2ccccc2Br)c(OC)c1. The Morgan fingerprint density at radius 1 is 1.12 bits per heavy atom. The minimum absolute atomic E-state index is 0.252. The van der Waals surface area contributed by atoms with Gasteiger partial charge in [-0.2, -0.15) is 4.31 Å². The van der Waals surface area contributed by atoms with E-state index in [9.17, 15) is 8.42 Å². The predicted octanol–water partition coefficient (Wildman–Crippen LogP) is 3.99. The number of ether oxygens (including phenoxy) is 2. The lowest BCUT2D eigenvalue weighted by atomic mass is 10.0. The monoisotopic (exact) mass is 425 g/mol. The van der Waals surface area contributed by atoms with Gasteiger partial charge in [0.1, 0.15) is 11.5 Å². The lowest BCUT2D eigenvalue weighted by Crippen LogP contribution is -2.31. The molecule has 1 aliphatic heterocycles. The van der Waals surface area contributed by atoms with Crippen LogP contribution in [0.3, 0.4) is 0 Å². The van der Waals surface area contributed by atoms with Gasteiger partial charge in [0.15, 0.2) is 0 Å². The summed E-state index contributed by atoms with van der Waals surface area (Å²) >= 11 is 3.36. The van der Waals surface area contributed by atoms with Crippen LogP contribution in [0.15, 0.2) is 51.8 Å². The first kappa shape index (κ1) is 18.2. The van der Waals surface area contributed by atoms with Crippen molar-refractivity contribution in [1.82, 2.24) is 4.31 Å². The van der Waals surface area contributed by atoms with Crippen molar-refractivity contribution < 1.29 is 17.9 Å².